The first-order valence-electron chi connectivity index (χ1n) is 7.93. The summed E-state index contributed by atoms with van der Waals surface area (Å²) < 4.78 is 54.8. The van der Waals surface area contributed by atoms with Gasteiger partial charge in [-0.3, -0.25) is 0 Å². The molecule has 1 aliphatic heterocycles. The zero-order chi connectivity index (χ0) is 19.0. The van der Waals surface area contributed by atoms with Crippen molar-refractivity contribution in [3.8, 4) is 0 Å². The third-order valence-corrected chi connectivity index (χ3v) is 3.98. The van der Waals surface area contributed by atoms with Crippen molar-refractivity contribution in [3.05, 3.63) is 0 Å². The van der Waals surface area contributed by atoms with Crippen LogP contribution in [0.4, 0.5) is 18.0 Å². The Bertz CT molecular complexity index is 445. The summed E-state index contributed by atoms with van der Waals surface area (Å²) in [5.41, 5.74) is -2.09. The molecular formula is C15H27BF3NO4. The second-order valence-corrected chi connectivity index (χ2v) is 8.08. The molecule has 0 aromatic carbocycles. The van der Waals surface area contributed by atoms with Crippen molar-refractivity contribution in [1.82, 2.24) is 5.32 Å². The van der Waals surface area contributed by atoms with Crippen molar-refractivity contribution in [1.29, 1.82) is 0 Å². The van der Waals surface area contributed by atoms with Crippen LogP contribution in [0.5, 0.6) is 0 Å². The van der Waals surface area contributed by atoms with Gasteiger partial charge in [0, 0.05) is 12.4 Å². The van der Waals surface area contributed by atoms with E-state index in [1.54, 1.807) is 20.8 Å². The number of halogens is 3. The Morgan fingerprint density at radius 3 is 1.96 bits per heavy atom. The smallest absolute Gasteiger partial charge is 0.444 e. The van der Waals surface area contributed by atoms with Crippen molar-refractivity contribution in [2.45, 2.75) is 90.2 Å². The van der Waals surface area contributed by atoms with Gasteiger partial charge in [0.25, 0.3) is 0 Å². The lowest BCUT2D eigenvalue weighted by Gasteiger charge is -2.32. The van der Waals surface area contributed by atoms with Crippen molar-refractivity contribution in [2.24, 2.45) is 0 Å². The molecule has 1 atom stereocenters. The lowest BCUT2D eigenvalue weighted by molar-refractivity contribution is -0.138. The molecule has 1 rings (SSSR count). The maximum absolute atomic E-state index is 12.8. The van der Waals surface area contributed by atoms with Gasteiger partial charge in [0.1, 0.15) is 5.60 Å². The fourth-order valence-corrected chi connectivity index (χ4v) is 2.24. The average molecular weight is 353 g/mol. The standard InChI is InChI=1S/C15H27BF3NO4/c1-12(2,3)22-11(21)20-10(8-15(17,18)19)9-16-23-13(4,5)14(6,7)24-16/h10H,8-9H2,1-7H3,(H,20,21)/t10-/m0/s1. The van der Waals surface area contributed by atoms with Crippen LogP contribution in [0.2, 0.25) is 6.32 Å². The van der Waals surface area contributed by atoms with Crippen molar-refractivity contribution in [2.75, 3.05) is 0 Å². The van der Waals surface area contributed by atoms with E-state index in [4.69, 9.17) is 14.0 Å². The van der Waals surface area contributed by atoms with E-state index in [1.165, 1.54) is 0 Å². The molecular weight excluding hydrogens is 326 g/mol. The number of nitrogens with one attached hydrogen (secondary N) is 1. The second-order valence-electron chi connectivity index (χ2n) is 8.08. The highest BCUT2D eigenvalue weighted by molar-refractivity contribution is 6.45. The maximum atomic E-state index is 12.8. The molecule has 1 aliphatic rings. The Labute approximate surface area is 141 Å². The van der Waals surface area contributed by atoms with Crippen LogP contribution in [0.3, 0.4) is 0 Å². The minimum Gasteiger partial charge on any atom is -0.444 e. The molecule has 0 aliphatic carbocycles. The summed E-state index contributed by atoms with van der Waals surface area (Å²) >= 11 is 0. The molecule has 1 N–H and O–H groups in total. The molecule has 0 unspecified atom stereocenters. The van der Waals surface area contributed by atoms with Crippen LogP contribution in [0.1, 0.15) is 54.9 Å². The molecule has 0 aromatic heterocycles. The number of alkyl halides is 3. The number of carbonyl (C=O) groups is 1. The normalized spacial score (nSPS) is 21.5. The molecule has 1 fully saturated rings. The van der Waals surface area contributed by atoms with E-state index in [0.29, 0.717) is 0 Å². The minimum absolute atomic E-state index is 0.119. The van der Waals surface area contributed by atoms with Crippen molar-refractivity contribution in [3.63, 3.8) is 0 Å². The van der Waals surface area contributed by atoms with Gasteiger partial charge in [-0.15, -0.1) is 0 Å². The monoisotopic (exact) mass is 353 g/mol. The summed E-state index contributed by atoms with van der Waals surface area (Å²) in [4.78, 5) is 11.8. The summed E-state index contributed by atoms with van der Waals surface area (Å²) in [7, 11) is -0.836. The molecule has 0 saturated carbocycles. The van der Waals surface area contributed by atoms with Gasteiger partial charge >= 0.3 is 19.4 Å². The lowest BCUT2D eigenvalue weighted by Crippen LogP contribution is -2.43. The van der Waals surface area contributed by atoms with E-state index < -0.39 is 48.7 Å². The molecule has 9 heteroatoms. The number of hydrogen-bond acceptors (Lipinski definition) is 4. The molecule has 140 valence electrons. The minimum atomic E-state index is -4.43. The number of alkyl carbamates (subject to hydrolysis) is 1. The number of carbonyl (C=O) groups excluding carboxylic acids is 1. The van der Waals surface area contributed by atoms with Crippen molar-refractivity contribution >= 4 is 13.2 Å². The van der Waals surface area contributed by atoms with E-state index in [-0.39, 0.29) is 6.32 Å². The zero-order valence-electron chi connectivity index (χ0n) is 15.3. The Hall–Kier alpha value is -0.955. The van der Waals surface area contributed by atoms with Crippen LogP contribution in [0, 0.1) is 0 Å². The van der Waals surface area contributed by atoms with Crippen LogP contribution < -0.4 is 5.32 Å². The fraction of sp³-hybridized carbons (Fsp3) is 0.933. The Kier molecular flexibility index (Phi) is 5.93. The van der Waals surface area contributed by atoms with Gasteiger partial charge in [-0.1, -0.05) is 0 Å². The first kappa shape index (κ1) is 21.1. The van der Waals surface area contributed by atoms with Crippen LogP contribution in [-0.4, -0.2) is 42.2 Å². The molecule has 0 bridgehead atoms. The van der Waals surface area contributed by atoms with Crippen LogP contribution in [0.25, 0.3) is 0 Å². The van der Waals surface area contributed by atoms with E-state index >= 15 is 0 Å². The number of amides is 1. The number of hydrogen-bond donors (Lipinski definition) is 1. The number of ether oxygens (including phenoxy) is 1. The number of rotatable bonds is 4. The van der Waals surface area contributed by atoms with Crippen LogP contribution in [-0.2, 0) is 14.0 Å². The molecule has 1 saturated heterocycles. The Morgan fingerprint density at radius 1 is 1.12 bits per heavy atom. The Morgan fingerprint density at radius 2 is 1.58 bits per heavy atom. The van der Waals surface area contributed by atoms with Gasteiger partial charge in [-0.25, -0.2) is 4.79 Å². The fourth-order valence-electron chi connectivity index (χ4n) is 2.24. The molecule has 0 spiro atoms. The highest BCUT2D eigenvalue weighted by atomic mass is 19.4. The van der Waals surface area contributed by atoms with Gasteiger partial charge in [-0.2, -0.15) is 13.2 Å². The third-order valence-electron chi connectivity index (χ3n) is 3.98. The molecule has 5 nitrogen and oxygen atoms in total. The van der Waals surface area contributed by atoms with Crippen molar-refractivity contribution < 1.29 is 32.0 Å². The Balaban J connectivity index is 2.76. The zero-order valence-corrected chi connectivity index (χ0v) is 15.3. The lowest BCUT2D eigenvalue weighted by atomic mass is 9.79. The van der Waals surface area contributed by atoms with Crippen LogP contribution in [0.15, 0.2) is 0 Å². The van der Waals surface area contributed by atoms with Gasteiger partial charge in [0.2, 0.25) is 0 Å². The highest BCUT2D eigenvalue weighted by Crippen LogP contribution is 2.38. The first-order chi connectivity index (χ1) is 10.5. The van der Waals surface area contributed by atoms with E-state index in [0.717, 1.165) is 0 Å². The van der Waals surface area contributed by atoms with Gasteiger partial charge in [0.15, 0.2) is 0 Å². The predicted octanol–water partition coefficient (Wildman–Crippen LogP) is 3.92. The largest absolute Gasteiger partial charge is 0.459 e. The molecule has 0 aromatic rings. The first-order valence-corrected chi connectivity index (χ1v) is 7.93. The quantitative estimate of drug-likeness (QED) is 0.779. The van der Waals surface area contributed by atoms with E-state index in [2.05, 4.69) is 5.32 Å². The second kappa shape index (κ2) is 6.75. The summed E-state index contributed by atoms with van der Waals surface area (Å²) in [6.07, 6.45) is -6.63. The van der Waals surface area contributed by atoms with Gasteiger partial charge < -0.3 is 19.4 Å². The third kappa shape index (κ3) is 6.51. The SMILES string of the molecule is CC(C)(C)OC(=O)N[C@H](CB1OC(C)(C)C(C)(C)O1)CC(F)(F)F. The molecule has 1 heterocycles. The summed E-state index contributed by atoms with van der Waals surface area (Å²) in [5.74, 6) is 0. The molecule has 0 radical (unpaired) electrons. The molecule has 24 heavy (non-hydrogen) atoms. The summed E-state index contributed by atoms with van der Waals surface area (Å²) in [6.45, 7) is 12.2. The van der Waals surface area contributed by atoms with Gasteiger partial charge in [0.05, 0.1) is 17.6 Å². The van der Waals surface area contributed by atoms with E-state index in [9.17, 15) is 18.0 Å². The van der Waals surface area contributed by atoms with Crippen LogP contribution >= 0.6 is 0 Å². The van der Waals surface area contributed by atoms with E-state index in [1.807, 2.05) is 27.7 Å². The summed E-state index contributed by atoms with van der Waals surface area (Å²) in [6, 6.07) is -1.20. The average Bonchev–Trinajstić information content (AvgIpc) is 2.39. The molecule has 1 amide bonds. The topological polar surface area (TPSA) is 56.8 Å². The summed E-state index contributed by atoms with van der Waals surface area (Å²) in [5, 5.41) is 2.27. The maximum Gasteiger partial charge on any atom is 0.459 e. The predicted molar refractivity (Wildman–Crippen MR) is 84.7 cm³/mol. The highest BCUT2D eigenvalue weighted by Gasteiger charge is 2.52. The van der Waals surface area contributed by atoms with Gasteiger partial charge in [-0.05, 0) is 48.5 Å².